The second-order valence-corrected chi connectivity index (χ2v) is 3.87. The Balaban J connectivity index is 1.85. The molecule has 1 amide bonds. The lowest BCUT2D eigenvalue weighted by Crippen LogP contribution is -2.26. The van der Waals surface area contributed by atoms with Gasteiger partial charge in [0.15, 0.2) is 5.69 Å². The molecule has 2 N–H and O–H groups in total. The fraction of sp³-hybridized carbons (Fsp3) is 0.273. The van der Waals surface area contributed by atoms with Crippen molar-refractivity contribution in [1.29, 1.82) is 0 Å². The van der Waals surface area contributed by atoms with Gasteiger partial charge in [-0.3, -0.25) is 9.48 Å². The van der Waals surface area contributed by atoms with Crippen LogP contribution >= 0.6 is 0 Å². The van der Waals surface area contributed by atoms with Crippen LogP contribution in [-0.2, 0) is 13.5 Å². The third-order valence-electron chi connectivity index (χ3n) is 2.39. The van der Waals surface area contributed by atoms with Crippen LogP contribution < -0.4 is 5.32 Å². The van der Waals surface area contributed by atoms with E-state index in [1.54, 1.807) is 4.68 Å². The number of nitrogens with zero attached hydrogens (tertiary/aromatic N) is 3. The highest BCUT2D eigenvalue weighted by molar-refractivity contribution is 5.94. The SMILES string of the molecule is Cn1ccc(CCNC(=O)c2cc(C(=O)O)on2)n1. The average molecular weight is 264 g/mol. The van der Waals surface area contributed by atoms with Gasteiger partial charge >= 0.3 is 5.97 Å². The molecular weight excluding hydrogens is 252 g/mol. The third kappa shape index (κ3) is 3.18. The van der Waals surface area contributed by atoms with Gasteiger partial charge in [-0.15, -0.1) is 0 Å². The minimum absolute atomic E-state index is 0.0570. The van der Waals surface area contributed by atoms with Crippen molar-refractivity contribution in [2.75, 3.05) is 6.54 Å². The summed E-state index contributed by atoms with van der Waals surface area (Å²) >= 11 is 0. The second kappa shape index (κ2) is 5.34. The molecule has 0 saturated carbocycles. The molecule has 2 aromatic heterocycles. The van der Waals surface area contributed by atoms with Gasteiger partial charge in [0.25, 0.3) is 5.91 Å². The number of amides is 1. The Morgan fingerprint density at radius 3 is 2.89 bits per heavy atom. The number of hydrogen-bond acceptors (Lipinski definition) is 5. The summed E-state index contributed by atoms with van der Waals surface area (Å²) in [6.07, 6.45) is 2.39. The van der Waals surface area contributed by atoms with Crippen LogP contribution in [0.2, 0.25) is 0 Å². The van der Waals surface area contributed by atoms with E-state index >= 15 is 0 Å². The lowest BCUT2D eigenvalue weighted by Gasteiger charge is -2.00. The van der Waals surface area contributed by atoms with Crippen molar-refractivity contribution < 1.29 is 19.2 Å². The summed E-state index contributed by atoms with van der Waals surface area (Å²) in [5, 5.41) is 18.8. The Hall–Kier alpha value is -2.64. The third-order valence-corrected chi connectivity index (χ3v) is 2.39. The molecule has 8 heteroatoms. The molecule has 0 saturated heterocycles. The first kappa shape index (κ1) is 12.8. The van der Waals surface area contributed by atoms with Crippen molar-refractivity contribution in [1.82, 2.24) is 20.3 Å². The number of rotatable bonds is 5. The number of carbonyl (C=O) groups is 2. The van der Waals surface area contributed by atoms with Crippen LogP contribution in [0.3, 0.4) is 0 Å². The maximum Gasteiger partial charge on any atom is 0.374 e. The molecule has 0 radical (unpaired) electrons. The summed E-state index contributed by atoms with van der Waals surface area (Å²) in [6.45, 7) is 0.380. The molecule has 8 nitrogen and oxygen atoms in total. The molecule has 0 spiro atoms. The fourth-order valence-electron chi connectivity index (χ4n) is 1.47. The van der Waals surface area contributed by atoms with Crippen LogP contribution in [0.25, 0.3) is 0 Å². The van der Waals surface area contributed by atoms with E-state index in [2.05, 4.69) is 20.1 Å². The molecule has 0 fully saturated rings. The van der Waals surface area contributed by atoms with E-state index in [-0.39, 0.29) is 11.5 Å². The normalized spacial score (nSPS) is 10.4. The van der Waals surface area contributed by atoms with E-state index < -0.39 is 11.9 Å². The van der Waals surface area contributed by atoms with Crippen molar-refractivity contribution in [2.45, 2.75) is 6.42 Å². The number of aromatic carboxylic acids is 1. The van der Waals surface area contributed by atoms with Crippen molar-refractivity contribution in [3.8, 4) is 0 Å². The highest BCUT2D eigenvalue weighted by Crippen LogP contribution is 2.03. The van der Waals surface area contributed by atoms with Crippen LogP contribution in [-0.4, -0.2) is 38.5 Å². The minimum atomic E-state index is -1.26. The molecule has 0 unspecified atom stereocenters. The zero-order valence-corrected chi connectivity index (χ0v) is 10.2. The Morgan fingerprint density at radius 1 is 1.53 bits per heavy atom. The van der Waals surface area contributed by atoms with E-state index in [4.69, 9.17) is 5.11 Å². The second-order valence-electron chi connectivity index (χ2n) is 3.87. The predicted molar refractivity (Wildman–Crippen MR) is 62.7 cm³/mol. The number of nitrogens with one attached hydrogen (secondary N) is 1. The standard InChI is InChI=1S/C11H12N4O4/c1-15-5-3-7(13-15)2-4-12-10(16)8-6-9(11(17)18)19-14-8/h3,5-6H,2,4H2,1H3,(H,12,16)(H,17,18). The van der Waals surface area contributed by atoms with Gasteiger partial charge in [0.2, 0.25) is 5.76 Å². The fourth-order valence-corrected chi connectivity index (χ4v) is 1.47. The Morgan fingerprint density at radius 2 is 2.32 bits per heavy atom. The summed E-state index contributed by atoms with van der Waals surface area (Å²) in [5.41, 5.74) is 0.799. The van der Waals surface area contributed by atoms with Gasteiger partial charge in [-0.05, 0) is 6.07 Å². The number of carboxylic acid groups (broad SMARTS) is 1. The molecule has 0 aromatic carbocycles. The van der Waals surface area contributed by atoms with Crippen molar-refractivity contribution >= 4 is 11.9 Å². The average Bonchev–Trinajstić information content (AvgIpc) is 2.98. The first-order valence-electron chi connectivity index (χ1n) is 5.53. The van der Waals surface area contributed by atoms with Gasteiger partial charge in [0.1, 0.15) is 0 Å². The van der Waals surface area contributed by atoms with Gasteiger partial charge in [-0.1, -0.05) is 5.16 Å². The number of hydrogen-bond donors (Lipinski definition) is 2. The quantitative estimate of drug-likeness (QED) is 0.791. The molecule has 100 valence electrons. The highest BCUT2D eigenvalue weighted by atomic mass is 16.5. The van der Waals surface area contributed by atoms with Gasteiger partial charge in [-0.2, -0.15) is 5.10 Å². The van der Waals surface area contributed by atoms with Crippen LogP contribution in [0.1, 0.15) is 26.7 Å². The first-order valence-corrected chi connectivity index (χ1v) is 5.53. The largest absolute Gasteiger partial charge is 0.475 e. The number of carboxylic acids is 1. The molecule has 0 aliphatic carbocycles. The zero-order valence-electron chi connectivity index (χ0n) is 10.2. The molecule has 0 aliphatic heterocycles. The van der Waals surface area contributed by atoms with E-state index in [1.807, 2.05) is 19.3 Å². The van der Waals surface area contributed by atoms with Crippen molar-refractivity contribution in [2.24, 2.45) is 7.05 Å². The number of aryl methyl sites for hydroxylation is 1. The van der Waals surface area contributed by atoms with Gasteiger partial charge in [-0.25, -0.2) is 4.79 Å². The topological polar surface area (TPSA) is 110 Å². The van der Waals surface area contributed by atoms with Crippen LogP contribution in [0.15, 0.2) is 22.9 Å². The van der Waals surface area contributed by atoms with Crippen molar-refractivity contribution in [3.63, 3.8) is 0 Å². The molecule has 2 rings (SSSR count). The Kier molecular flexibility index (Phi) is 3.60. The summed E-state index contributed by atoms with van der Waals surface area (Å²) in [4.78, 5) is 22.2. The monoisotopic (exact) mass is 264 g/mol. The lowest BCUT2D eigenvalue weighted by molar-refractivity contribution is 0.0651. The number of aromatic nitrogens is 3. The Labute approximate surface area is 108 Å². The molecule has 0 bridgehead atoms. The van der Waals surface area contributed by atoms with Crippen LogP contribution in [0.4, 0.5) is 0 Å². The van der Waals surface area contributed by atoms with Crippen LogP contribution in [0.5, 0.6) is 0 Å². The van der Waals surface area contributed by atoms with E-state index in [9.17, 15) is 9.59 Å². The molecule has 2 heterocycles. The highest BCUT2D eigenvalue weighted by Gasteiger charge is 2.16. The van der Waals surface area contributed by atoms with Gasteiger partial charge < -0.3 is 14.9 Å². The molecule has 19 heavy (non-hydrogen) atoms. The molecule has 0 atom stereocenters. The first-order chi connectivity index (χ1) is 9.06. The molecular formula is C11H12N4O4. The maximum atomic E-state index is 11.6. The van der Waals surface area contributed by atoms with E-state index in [1.165, 1.54) is 0 Å². The Bertz CT molecular complexity index is 601. The summed E-state index contributed by atoms with van der Waals surface area (Å²) in [6, 6.07) is 2.93. The van der Waals surface area contributed by atoms with Gasteiger partial charge in [0, 0.05) is 32.3 Å². The smallest absolute Gasteiger partial charge is 0.374 e. The summed E-state index contributed by atoms with van der Waals surface area (Å²) in [5.74, 6) is -2.11. The van der Waals surface area contributed by atoms with Crippen molar-refractivity contribution in [3.05, 3.63) is 35.5 Å². The lowest BCUT2D eigenvalue weighted by atomic mass is 10.3. The molecule has 2 aromatic rings. The van der Waals surface area contributed by atoms with E-state index in [0.29, 0.717) is 13.0 Å². The molecule has 0 aliphatic rings. The zero-order chi connectivity index (χ0) is 13.8. The predicted octanol–water partition coefficient (Wildman–Crippen LogP) is 0.0788. The summed E-state index contributed by atoms with van der Waals surface area (Å²) in [7, 11) is 1.81. The van der Waals surface area contributed by atoms with Gasteiger partial charge in [0.05, 0.1) is 5.69 Å². The van der Waals surface area contributed by atoms with Crippen LogP contribution in [0, 0.1) is 0 Å². The number of carbonyl (C=O) groups excluding carboxylic acids is 1. The minimum Gasteiger partial charge on any atom is -0.475 e. The van der Waals surface area contributed by atoms with E-state index in [0.717, 1.165) is 11.8 Å². The summed E-state index contributed by atoms with van der Waals surface area (Å²) < 4.78 is 6.16. The maximum absolute atomic E-state index is 11.6.